The van der Waals surface area contributed by atoms with E-state index in [9.17, 15) is 19.5 Å². The molecule has 1 aromatic rings. The first kappa shape index (κ1) is 18.9. The molecule has 2 amide bonds. The predicted molar refractivity (Wildman–Crippen MR) is 89.0 cm³/mol. The number of ether oxygens (including phenoxy) is 2. The Balaban J connectivity index is 2.26. The summed E-state index contributed by atoms with van der Waals surface area (Å²) >= 11 is 6.10. The highest BCUT2D eigenvalue weighted by molar-refractivity contribution is 6.32. The molecule has 0 unspecified atom stereocenters. The fraction of sp³-hybridized carbons (Fsp3) is 0.438. The summed E-state index contributed by atoms with van der Waals surface area (Å²) in [6.45, 7) is -0.399. The van der Waals surface area contributed by atoms with Gasteiger partial charge in [0.05, 0.1) is 12.1 Å². The maximum Gasteiger partial charge on any atom is 0.329 e. The number of primary amides is 1. The number of carbonyl (C=O) groups is 3. The predicted octanol–water partition coefficient (Wildman–Crippen LogP) is 1.34. The third-order valence-corrected chi connectivity index (χ3v) is 4.35. The molecule has 0 atom stereocenters. The van der Waals surface area contributed by atoms with Crippen LogP contribution in [0.1, 0.15) is 36.0 Å². The number of methoxy groups -OCH3 is 1. The van der Waals surface area contributed by atoms with E-state index in [-0.39, 0.29) is 22.1 Å². The molecule has 0 heterocycles. The van der Waals surface area contributed by atoms with Gasteiger partial charge in [-0.3, -0.25) is 9.59 Å². The van der Waals surface area contributed by atoms with Gasteiger partial charge in [-0.1, -0.05) is 24.4 Å². The average molecular weight is 371 g/mol. The molecule has 8 nitrogen and oxygen atoms in total. The molecule has 1 fully saturated rings. The van der Waals surface area contributed by atoms with Gasteiger partial charge < -0.3 is 25.6 Å². The van der Waals surface area contributed by atoms with Gasteiger partial charge in [0, 0.05) is 5.56 Å². The highest BCUT2D eigenvalue weighted by Gasteiger charge is 2.42. The number of halogens is 1. The first-order chi connectivity index (χ1) is 11.8. The Labute approximate surface area is 149 Å². The summed E-state index contributed by atoms with van der Waals surface area (Å²) in [6.07, 6.45) is 2.21. The molecule has 1 aromatic carbocycles. The van der Waals surface area contributed by atoms with Gasteiger partial charge >= 0.3 is 5.97 Å². The summed E-state index contributed by atoms with van der Waals surface area (Å²) < 4.78 is 10.3. The van der Waals surface area contributed by atoms with Crippen molar-refractivity contribution in [3.8, 4) is 11.5 Å². The third kappa shape index (κ3) is 4.14. The van der Waals surface area contributed by atoms with Crippen LogP contribution in [0, 0.1) is 0 Å². The number of hydrogen-bond donors (Lipinski definition) is 3. The standard InChI is InChI=1S/C16H19ClN2O6/c1-24-11-7-9(6-10(17)13(11)25-8-12(18)20)14(21)19-16(15(22)23)4-2-3-5-16/h6-7H,2-5,8H2,1H3,(H2,18,20)(H,19,21)(H,22,23). The Hall–Kier alpha value is -2.48. The summed E-state index contributed by atoms with van der Waals surface area (Å²) in [5.74, 6) is -2.11. The summed E-state index contributed by atoms with van der Waals surface area (Å²) in [6, 6.07) is 2.68. The number of aliphatic carboxylic acids is 1. The quantitative estimate of drug-likeness (QED) is 0.664. The Kier molecular flexibility index (Phi) is 5.73. The minimum Gasteiger partial charge on any atom is -0.493 e. The second-order valence-corrected chi connectivity index (χ2v) is 6.20. The second-order valence-electron chi connectivity index (χ2n) is 5.79. The van der Waals surface area contributed by atoms with Crippen LogP contribution in [0.25, 0.3) is 0 Å². The molecule has 0 bridgehead atoms. The van der Waals surface area contributed by atoms with Gasteiger partial charge in [0.25, 0.3) is 11.8 Å². The van der Waals surface area contributed by atoms with E-state index < -0.39 is 29.9 Å². The van der Waals surface area contributed by atoms with Gasteiger partial charge in [-0.25, -0.2) is 4.79 Å². The average Bonchev–Trinajstić information content (AvgIpc) is 3.02. The van der Waals surface area contributed by atoms with E-state index in [1.165, 1.54) is 19.2 Å². The number of amides is 2. The number of carboxylic acids is 1. The van der Waals surface area contributed by atoms with E-state index in [1.807, 2.05) is 0 Å². The number of benzene rings is 1. The van der Waals surface area contributed by atoms with Gasteiger partial charge in [-0.05, 0) is 25.0 Å². The lowest BCUT2D eigenvalue weighted by atomic mass is 9.97. The maximum atomic E-state index is 12.5. The van der Waals surface area contributed by atoms with Crippen LogP contribution in [0.5, 0.6) is 11.5 Å². The summed E-state index contributed by atoms with van der Waals surface area (Å²) in [4.78, 5) is 34.9. The smallest absolute Gasteiger partial charge is 0.329 e. The Bertz CT molecular complexity index is 700. The Morgan fingerprint density at radius 1 is 1.32 bits per heavy atom. The van der Waals surface area contributed by atoms with Crippen molar-refractivity contribution >= 4 is 29.4 Å². The molecular formula is C16H19ClN2O6. The van der Waals surface area contributed by atoms with E-state index in [0.29, 0.717) is 12.8 Å². The monoisotopic (exact) mass is 370 g/mol. The van der Waals surface area contributed by atoms with Crippen molar-refractivity contribution in [2.75, 3.05) is 13.7 Å². The molecule has 0 radical (unpaired) electrons. The van der Waals surface area contributed by atoms with Crippen molar-refractivity contribution in [1.82, 2.24) is 5.32 Å². The van der Waals surface area contributed by atoms with Crippen molar-refractivity contribution in [1.29, 1.82) is 0 Å². The van der Waals surface area contributed by atoms with Crippen molar-refractivity contribution in [2.45, 2.75) is 31.2 Å². The van der Waals surface area contributed by atoms with Gasteiger partial charge in [0.15, 0.2) is 18.1 Å². The van der Waals surface area contributed by atoms with Gasteiger partial charge in [0.2, 0.25) is 0 Å². The number of rotatable bonds is 7. The lowest BCUT2D eigenvalue weighted by Gasteiger charge is -2.25. The summed E-state index contributed by atoms with van der Waals surface area (Å²) in [5, 5.41) is 12.1. The van der Waals surface area contributed by atoms with Crippen LogP contribution in [0.15, 0.2) is 12.1 Å². The summed E-state index contributed by atoms with van der Waals surface area (Å²) in [5.41, 5.74) is 3.89. The molecule has 25 heavy (non-hydrogen) atoms. The van der Waals surface area contributed by atoms with Crippen LogP contribution >= 0.6 is 11.6 Å². The molecule has 1 aliphatic rings. The minimum absolute atomic E-state index is 0.0431. The molecule has 1 saturated carbocycles. The van der Waals surface area contributed by atoms with Crippen LogP contribution in [0.2, 0.25) is 5.02 Å². The van der Waals surface area contributed by atoms with Crippen molar-refractivity contribution < 1.29 is 29.0 Å². The number of nitrogens with one attached hydrogen (secondary N) is 1. The lowest BCUT2D eigenvalue weighted by molar-refractivity contribution is -0.144. The zero-order chi connectivity index (χ0) is 18.6. The van der Waals surface area contributed by atoms with E-state index in [4.69, 9.17) is 26.8 Å². The Morgan fingerprint density at radius 2 is 1.96 bits per heavy atom. The molecule has 136 valence electrons. The molecule has 0 spiro atoms. The molecular weight excluding hydrogens is 352 g/mol. The number of carboxylic acid groups (broad SMARTS) is 1. The highest BCUT2D eigenvalue weighted by Crippen LogP contribution is 2.37. The van der Waals surface area contributed by atoms with Crippen molar-refractivity contribution in [3.05, 3.63) is 22.7 Å². The molecule has 4 N–H and O–H groups in total. The third-order valence-electron chi connectivity index (χ3n) is 4.07. The lowest BCUT2D eigenvalue weighted by Crippen LogP contribution is -2.52. The van der Waals surface area contributed by atoms with E-state index in [1.54, 1.807) is 0 Å². The second kappa shape index (κ2) is 7.60. The first-order valence-electron chi connectivity index (χ1n) is 7.63. The van der Waals surface area contributed by atoms with Crippen LogP contribution in [0.3, 0.4) is 0 Å². The van der Waals surface area contributed by atoms with Crippen LogP contribution in [-0.4, -0.2) is 42.1 Å². The summed E-state index contributed by atoms with van der Waals surface area (Å²) in [7, 11) is 1.35. The van der Waals surface area contributed by atoms with E-state index in [0.717, 1.165) is 12.8 Å². The van der Waals surface area contributed by atoms with Gasteiger partial charge in [-0.2, -0.15) is 0 Å². The molecule has 0 aliphatic heterocycles. The Morgan fingerprint density at radius 3 is 2.48 bits per heavy atom. The fourth-order valence-corrected chi connectivity index (χ4v) is 3.06. The maximum absolute atomic E-state index is 12.5. The largest absolute Gasteiger partial charge is 0.493 e. The normalized spacial score (nSPS) is 15.4. The van der Waals surface area contributed by atoms with Crippen molar-refractivity contribution in [3.63, 3.8) is 0 Å². The van der Waals surface area contributed by atoms with Crippen LogP contribution < -0.4 is 20.5 Å². The fourth-order valence-electron chi connectivity index (χ4n) is 2.79. The van der Waals surface area contributed by atoms with E-state index in [2.05, 4.69) is 5.32 Å². The molecule has 0 saturated heterocycles. The first-order valence-corrected chi connectivity index (χ1v) is 8.01. The SMILES string of the molecule is COc1cc(C(=O)NC2(C(=O)O)CCCC2)cc(Cl)c1OCC(N)=O. The number of carbonyl (C=O) groups excluding carboxylic acids is 2. The van der Waals surface area contributed by atoms with Crippen LogP contribution in [0.4, 0.5) is 0 Å². The van der Waals surface area contributed by atoms with E-state index >= 15 is 0 Å². The van der Waals surface area contributed by atoms with Crippen molar-refractivity contribution in [2.24, 2.45) is 5.73 Å². The minimum atomic E-state index is -1.27. The zero-order valence-corrected chi connectivity index (χ0v) is 14.4. The van der Waals surface area contributed by atoms with Gasteiger partial charge in [0.1, 0.15) is 5.54 Å². The topological polar surface area (TPSA) is 128 Å². The molecule has 9 heteroatoms. The number of nitrogens with two attached hydrogens (primary N) is 1. The highest BCUT2D eigenvalue weighted by atomic mass is 35.5. The van der Waals surface area contributed by atoms with Gasteiger partial charge in [-0.15, -0.1) is 0 Å². The molecule has 2 rings (SSSR count). The number of hydrogen-bond acceptors (Lipinski definition) is 5. The molecule has 0 aromatic heterocycles. The van der Waals surface area contributed by atoms with Crippen LogP contribution in [-0.2, 0) is 9.59 Å². The molecule has 1 aliphatic carbocycles. The zero-order valence-electron chi connectivity index (χ0n) is 13.6.